The van der Waals surface area contributed by atoms with Crippen molar-refractivity contribution in [2.75, 3.05) is 0 Å². The lowest BCUT2D eigenvalue weighted by molar-refractivity contribution is -0.143. The summed E-state index contributed by atoms with van der Waals surface area (Å²) in [6.45, 7) is 0. The third-order valence-corrected chi connectivity index (χ3v) is 4.17. The minimum absolute atomic E-state index is 0.381. The number of halogens is 15. The van der Waals surface area contributed by atoms with Crippen LogP contribution in [-0.4, -0.2) is 0 Å². The molecule has 0 amide bonds. The maximum absolute atomic E-state index is 14.2. The zero-order valence-electron chi connectivity index (χ0n) is 16.1. The maximum atomic E-state index is 14.2. The van der Waals surface area contributed by atoms with E-state index in [1.165, 1.54) is 0 Å². The van der Waals surface area contributed by atoms with Gasteiger partial charge in [0, 0.05) is 6.07 Å². The Morgan fingerprint density at radius 1 is 0.389 bits per heavy atom. The fourth-order valence-electron chi connectivity index (χ4n) is 2.57. The van der Waals surface area contributed by atoms with Gasteiger partial charge in [-0.2, -0.15) is 48.3 Å². The molecule has 17 heteroatoms. The fraction of sp³-hybridized carbons (Fsp3) is 0.0526. The number of hydrogen-bond acceptors (Lipinski definition) is 2. The largest absolute Gasteiger partial charge is 0.444 e. The monoisotopic (exact) mass is 546 g/mol. The summed E-state index contributed by atoms with van der Waals surface area (Å²) in [6, 6.07) is -0.381. The summed E-state index contributed by atoms with van der Waals surface area (Å²) in [4.78, 5) is 0. The van der Waals surface area contributed by atoms with Crippen molar-refractivity contribution in [2.24, 2.45) is 0 Å². The fourth-order valence-corrected chi connectivity index (χ4v) is 2.57. The maximum Gasteiger partial charge on any atom is 0.422 e. The lowest BCUT2D eigenvalue weighted by Crippen LogP contribution is -2.16. The molecule has 0 saturated heterocycles. The Kier molecular flexibility index (Phi) is 6.71. The van der Waals surface area contributed by atoms with Crippen LogP contribution in [0.1, 0.15) is 5.56 Å². The van der Waals surface area contributed by atoms with Gasteiger partial charge in [0.15, 0.2) is 23.3 Å². The van der Waals surface area contributed by atoms with Crippen molar-refractivity contribution in [3.63, 3.8) is 0 Å². The van der Waals surface area contributed by atoms with Crippen LogP contribution in [0.5, 0.6) is 23.0 Å². The van der Waals surface area contributed by atoms with Gasteiger partial charge in [0.25, 0.3) is 0 Å². The topological polar surface area (TPSA) is 18.5 Å². The highest BCUT2D eigenvalue weighted by Gasteiger charge is 2.43. The number of benzene rings is 3. The van der Waals surface area contributed by atoms with E-state index in [1.807, 2.05) is 0 Å². The van der Waals surface area contributed by atoms with Gasteiger partial charge in [-0.3, -0.25) is 0 Å². The Bertz CT molecular complexity index is 1310. The van der Waals surface area contributed by atoms with E-state index in [4.69, 9.17) is 0 Å². The second-order valence-electron chi connectivity index (χ2n) is 6.37. The van der Waals surface area contributed by atoms with Gasteiger partial charge in [-0.25, -0.2) is 17.6 Å². The minimum Gasteiger partial charge on any atom is -0.444 e. The first-order valence-electron chi connectivity index (χ1n) is 8.48. The predicted octanol–water partition coefficient (Wildman–Crippen LogP) is 7.96. The van der Waals surface area contributed by atoms with Gasteiger partial charge in [-0.15, -0.1) is 0 Å². The van der Waals surface area contributed by atoms with Crippen molar-refractivity contribution in [1.82, 2.24) is 0 Å². The lowest BCUT2D eigenvalue weighted by atomic mass is 10.1. The summed E-state index contributed by atoms with van der Waals surface area (Å²) in [5.74, 6) is -43.0. The highest BCUT2D eigenvalue weighted by atomic mass is 19.4. The predicted molar refractivity (Wildman–Crippen MR) is 84.0 cm³/mol. The zero-order chi connectivity index (χ0) is 27.4. The smallest absolute Gasteiger partial charge is 0.422 e. The SMILES string of the molecule is Fc1cc(F)c(F)c(Oc2c(F)c(F)c(Oc3c(F)c(F)c(C(F)(F)F)c(F)c3F)c(F)c2F)c1F. The number of alkyl halides is 3. The molecule has 0 saturated carbocycles. The average molecular weight is 546 g/mol. The molecule has 0 heterocycles. The van der Waals surface area contributed by atoms with Crippen LogP contribution in [0.2, 0.25) is 0 Å². The van der Waals surface area contributed by atoms with E-state index in [-0.39, 0.29) is 6.07 Å². The molecule has 194 valence electrons. The molecule has 0 N–H and O–H groups in total. The summed E-state index contributed by atoms with van der Waals surface area (Å²) in [5, 5.41) is 0. The number of rotatable bonds is 4. The Labute approximate surface area is 187 Å². The normalized spacial score (nSPS) is 11.8. The summed E-state index contributed by atoms with van der Waals surface area (Å²) < 4.78 is 211. The van der Waals surface area contributed by atoms with Crippen molar-refractivity contribution in [1.29, 1.82) is 0 Å². The van der Waals surface area contributed by atoms with Crippen LogP contribution in [0.15, 0.2) is 6.07 Å². The Balaban J connectivity index is 2.18. The second-order valence-corrected chi connectivity index (χ2v) is 6.37. The molecule has 3 aromatic carbocycles. The molecule has 0 bridgehead atoms. The van der Waals surface area contributed by atoms with Crippen molar-refractivity contribution >= 4 is 0 Å². The van der Waals surface area contributed by atoms with E-state index < -0.39 is 105 Å². The molecule has 0 fully saturated rings. The highest BCUT2D eigenvalue weighted by molar-refractivity contribution is 5.45. The third kappa shape index (κ3) is 4.21. The average Bonchev–Trinajstić information content (AvgIpc) is 2.78. The summed E-state index contributed by atoms with van der Waals surface area (Å²) >= 11 is 0. The summed E-state index contributed by atoms with van der Waals surface area (Å²) in [6.07, 6.45) is -6.02. The van der Waals surface area contributed by atoms with Crippen molar-refractivity contribution in [2.45, 2.75) is 6.18 Å². The van der Waals surface area contributed by atoms with Gasteiger partial charge < -0.3 is 9.47 Å². The van der Waals surface area contributed by atoms with Crippen LogP contribution in [0.4, 0.5) is 65.9 Å². The first-order chi connectivity index (χ1) is 16.5. The molecule has 0 aliphatic rings. The van der Waals surface area contributed by atoms with Crippen molar-refractivity contribution in [3.05, 3.63) is 81.4 Å². The second kappa shape index (κ2) is 9.02. The molecular formula is C19HF15O2. The Morgan fingerprint density at radius 2 is 0.639 bits per heavy atom. The molecule has 0 aromatic heterocycles. The van der Waals surface area contributed by atoms with Crippen LogP contribution < -0.4 is 9.47 Å². The molecule has 0 aliphatic carbocycles. The minimum atomic E-state index is -6.02. The Morgan fingerprint density at radius 3 is 0.917 bits per heavy atom. The van der Waals surface area contributed by atoms with Crippen LogP contribution in [0, 0.1) is 69.8 Å². The molecule has 0 atom stereocenters. The number of ether oxygens (including phenoxy) is 2. The quantitative estimate of drug-likeness (QED) is 0.244. The van der Waals surface area contributed by atoms with Gasteiger partial charge in [0.1, 0.15) is 5.56 Å². The van der Waals surface area contributed by atoms with Gasteiger partial charge >= 0.3 is 6.18 Å². The van der Waals surface area contributed by atoms with Crippen molar-refractivity contribution < 1.29 is 75.3 Å². The van der Waals surface area contributed by atoms with Crippen LogP contribution in [0.3, 0.4) is 0 Å². The van der Waals surface area contributed by atoms with Gasteiger partial charge in [0.05, 0.1) is 0 Å². The molecule has 36 heavy (non-hydrogen) atoms. The van der Waals surface area contributed by atoms with E-state index in [1.54, 1.807) is 0 Å². The molecular weight excluding hydrogens is 545 g/mol. The molecule has 2 nitrogen and oxygen atoms in total. The first kappa shape index (κ1) is 26.8. The summed E-state index contributed by atoms with van der Waals surface area (Å²) in [5.41, 5.74) is -3.13. The third-order valence-electron chi connectivity index (χ3n) is 4.17. The number of hydrogen-bond donors (Lipinski definition) is 0. The van der Waals surface area contributed by atoms with E-state index in [9.17, 15) is 65.9 Å². The Hall–Kier alpha value is -3.79. The van der Waals surface area contributed by atoms with Crippen LogP contribution in [-0.2, 0) is 6.18 Å². The van der Waals surface area contributed by atoms with Crippen molar-refractivity contribution in [3.8, 4) is 23.0 Å². The molecule has 3 aromatic rings. The van der Waals surface area contributed by atoms with Gasteiger partial charge in [-0.05, 0) is 0 Å². The summed E-state index contributed by atoms with van der Waals surface area (Å²) in [7, 11) is 0. The molecule has 0 radical (unpaired) electrons. The van der Waals surface area contributed by atoms with E-state index in [0.717, 1.165) is 0 Å². The van der Waals surface area contributed by atoms with Gasteiger partial charge in [-0.1, -0.05) is 0 Å². The van der Waals surface area contributed by atoms with E-state index in [2.05, 4.69) is 9.47 Å². The van der Waals surface area contributed by atoms with Gasteiger partial charge in [0.2, 0.25) is 69.5 Å². The highest BCUT2D eigenvalue weighted by Crippen LogP contribution is 2.44. The lowest BCUT2D eigenvalue weighted by Gasteiger charge is -2.16. The van der Waals surface area contributed by atoms with Crippen LogP contribution >= 0.6 is 0 Å². The van der Waals surface area contributed by atoms with E-state index in [0.29, 0.717) is 0 Å². The van der Waals surface area contributed by atoms with Crippen LogP contribution in [0.25, 0.3) is 0 Å². The standard InChI is InChI=1S/C19HF15O2/c20-2-1-3(21)6(23)15(5(2)22)35-17-11(28)13(30)18(14(31)12(17)29)36-16-9(26)7(24)4(19(32,33)34)8(25)10(16)27/h1H. The molecule has 0 unspecified atom stereocenters. The zero-order valence-corrected chi connectivity index (χ0v) is 16.1. The molecule has 0 aliphatic heterocycles. The first-order valence-corrected chi connectivity index (χ1v) is 8.48. The molecule has 0 spiro atoms. The van der Waals surface area contributed by atoms with E-state index >= 15 is 0 Å². The molecule has 3 rings (SSSR count).